The third-order valence-electron chi connectivity index (χ3n) is 2.34. The molecule has 13 heavy (non-hydrogen) atoms. The monoisotopic (exact) mass is 241 g/mol. The average Bonchev–Trinajstić information content (AvgIpc) is 2.17. The van der Waals surface area contributed by atoms with Gasteiger partial charge >= 0.3 is 0 Å². The highest BCUT2D eigenvalue weighted by Crippen LogP contribution is 2.26. The van der Waals surface area contributed by atoms with Gasteiger partial charge in [-0.2, -0.15) is 0 Å². The molecule has 2 atom stereocenters. The van der Waals surface area contributed by atoms with Crippen LogP contribution in [-0.4, -0.2) is 17.5 Å². The van der Waals surface area contributed by atoms with Gasteiger partial charge < -0.3 is 10.5 Å². The fourth-order valence-corrected chi connectivity index (χ4v) is 2.18. The predicted octanol–water partition coefficient (Wildman–Crippen LogP) is 1.71. The molecule has 0 saturated carbocycles. The number of alkyl halides is 1. The summed E-state index contributed by atoms with van der Waals surface area (Å²) < 4.78 is 5.72. The third kappa shape index (κ3) is 1.71. The molecule has 70 valence electrons. The average molecular weight is 242 g/mol. The molecule has 1 aliphatic heterocycles. The van der Waals surface area contributed by atoms with Crippen molar-refractivity contribution in [3.05, 3.63) is 29.8 Å². The van der Waals surface area contributed by atoms with Crippen molar-refractivity contribution in [2.75, 3.05) is 5.33 Å². The number of rotatable bonds is 1. The Bertz CT molecular complexity index is 303. The van der Waals surface area contributed by atoms with E-state index in [2.05, 4.69) is 22.0 Å². The summed E-state index contributed by atoms with van der Waals surface area (Å²) in [6.45, 7) is 0. The minimum Gasteiger partial charge on any atom is -0.488 e. The van der Waals surface area contributed by atoms with E-state index in [-0.39, 0.29) is 12.1 Å². The molecule has 2 N–H and O–H groups in total. The maximum atomic E-state index is 5.95. The van der Waals surface area contributed by atoms with E-state index in [0.717, 1.165) is 17.5 Å². The first kappa shape index (κ1) is 9.03. The number of ether oxygens (including phenoxy) is 1. The van der Waals surface area contributed by atoms with Crippen LogP contribution < -0.4 is 10.5 Å². The second kappa shape index (κ2) is 3.68. The standard InChI is InChI=1S/C10H12BrNO/c11-6-10-8(12)5-7-3-1-2-4-9(7)13-10/h1-4,8,10H,5-6,12H2/t8-,10+/m1/s1. The van der Waals surface area contributed by atoms with Gasteiger partial charge in [-0.25, -0.2) is 0 Å². The molecule has 2 nitrogen and oxygen atoms in total. The Labute approximate surface area is 86.2 Å². The second-order valence-electron chi connectivity index (χ2n) is 3.29. The first-order chi connectivity index (χ1) is 6.31. The van der Waals surface area contributed by atoms with Crippen molar-refractivity contribution in [1.29, 1.82) is 0 Å². The Balaban J connectivity index is 2.27. The topological polar surface area (TPSA) is 35.2 Å². The summed E-state index contributed by atoms with van der Waals surface area (Å²) in [6.07, 6.45) is 1.02. The smallest absolute Gasteiger partial charge is 0.124 e. The normalized spacial score (nSPS) is 26.3. The Morgan fingerprint density at radius 1 is 1.46 bits per heavy atom. The van der Waals surface area contributed by atoms with Crippen molar-refractivity contribution in [2.45, 2.75) is 18.6 Å². The summed E-state index contributed by atoms with van der Waals surface area (Å²) in [6, 6.07) is 8.18. The van der Waals surface area contributed by atoms with Crippen LogP contribution in [0.4, 0.5) is 0 Å². The van der Waals surface area contributed by atoms with Crippen LogP contribution in [0.15, 0.2) is 24.3 Å². The molecule has 0 bridgehead atoms. The molecule has 1 aromatic carbocycles. The van der Waals surface area contributed by atoms with Crippen LogP contribution >= 0.6 is 15.9 Å². The number of benzene rings is 1. The van der Waals surface area contributed by atoms with Crippen LogP contribution in [0.3, 0.4) is 0 Å². The minimum atomic E-state index is 0.106. The zero-order chi connectivity index (χ0) is 9.26. The van der Waals surface area contributed by atoms with Crippen molar-refractivity contribution >= 4 is 15.9 Å². The summed E-state index contributed by atoms with van der Waals surface area (Å²) in [7, 11) is 0. The molecule has 2 rings (SSSR count). The van der Waals surface area contributed by atoms with Crippen molar-refractivity contribution in [2.24, 2.45) is 5.73 Å². The third-order valence-corrected chi connectivity index (χ3v) is 2.97. The van der Waals surface area contributed by atoms with Gasteiger partial charge in [0.25, 0.3) is 0 Å². The van der Waals surface area contributed by atoms with E-state index in [1.54, 1.807) is 0 Å². The molecule has 0 aromatic heterocycles. The van der Waals surface area contributed by atoms with Gasteiger partial charge in [-0.3, -0.25) is 0 Å². The van der Waals surface area contributed by atoms with E-state index in [1.165, 1.54) is 5.56 Å². The van der Waals surface area contributed by atoms with Gasteiger partial charge in [0.2, 0.25) is 0 Å². The fourth-order valence-electron chi connectivity index (χ4n) is 1.57. The molecule has 1 heterocycles. The second-order valence-corrected chi connectivity index (χ2v) is 3.93. The van der Waals surface area contributed by atoms with Gasteiger partial charge in [0.1, 0.15) is 11.9 Å². The summed E-state index contributed by atoms with van der Waals surface area (Å²) in [5.74, 6) is 0.980. The van der Waals surface area contributed by atoms with E-state index in [4.69, 9.17) is 10.5 Å². The number of hydrogen-bond acceptors (Lipinski definition) is 2. The van der Waals surface area contributed by atoms with Crippen LogP contribution in [0.2, 0.25) is 0 Å². The molecule has 0 radical (unpaired) electrons. The Morgan fingerprint density at radius 3 is 3.00 bits per heavy atom. The Kier molecular flexibility index (Phi) is 2.56. The number of para-hydroxylation sites is 1. The molecule has 1 aromatic rings. The number of hydrogen-bond donors (Lipinski definition) is 1. The van der Waals surface area contributed by atoms with Crippen LogP contribution in [0.5, 0.6) is 5.75 Å². The van der Waals surface area contributed by atoms with E-state index < -0.39 is 0 Å². The zero-order valence-electron chi connectivity index (χ0n) is 7.24. The molecule has 0 fully saturated rings. The minimum absolute atomic E-state index is 0.106. The lowest BCUT2D eigenvalue weighted by atomic mass is 9.99. The van der Waals surface area contributed by atoms with Crippen molar-refractivity contribution in [3.8, 4) is 5.75 Å². The lowest BCUT2D eigenvalue weighted by Gasteiger charge is -2.30. The fraction of sp³-hybridized carbons (Fsp3) is 0.400. The van der Waals surface area contributed by atoms with Crippen LogP contribution in [0.25, 0.3) is 0 Å². The lowest BCUT2D eigenvalue weighted by molar-refractivity contribution is 0.174. The molecule has 0 amide bonds. The van der Waals surface area contributed by atoms with E-state index >= 15 is 0 Å². The summed E-state index contributed by atoms with van der Waals surface area (Å²) in [5.41, 5.74) is 7.16. The SMILES string of the molecule is N[C@@H]1Cc2ccccc2O[C@H]1CBr. The van der Waals surface area contributed by atoms with E-state index in [1.807, 2.05) is 18.2 Å². The molecule has 0 spiro atoms. The molecule has 0 unspecified atom stereocenters. The number of nitrogens with two attached hydrogens (primary N) is 1. The summed E-state index contributed by atoms with van der Waals surface area (Å²) in [4.78, 5) is 0. The summed E-state index contributed by atoms with van der Waals surface area (Å²) in [5, 5.41) is 0.794. The maximum absolute atomic E-state index is 5.95. The predicted molar refractivity (Wildman–Crippen MR) is 56.3 cm³/mol. The van der Waals surface area contributed by atoms with Crippen LogP contribution in [-0.2, 0) is 6.42 Å². The largest absolute Gasteiger partial charge is 0.488 e. The number of halogens is 1. The highest BCUT2D eigenvalue weighted by atomic mass is 79.9. The highest BCUT2D eigenvalue weighted by Gasteiger charge is 2.25. The van der Waals surface area contributed by atoms with Crippen molar-refractivity contribution < 1.29 is 4.74 Å². The molecule has 0 aliphatic carbocycles. The van der Waals surface area contributed by atoms with Gasteiger partial charge in [0.05, 0.1) is 0 Å². The van der Waals surface area contributed by atoms with Gasteiger partial charge in [0, 0.05) is 11.4 Å². The molecular weight excluding hydrogens is 230 g/mol. The molecular formula is C10H12BrNO. The van der Waals surface area contributed by atoms with Crippen LogP contribution in [0.1, 0.15) is 5.56 Å². The first-order valence-corrected chi connectivity index (χ1v) is 5.49. The van der Waals surface area contributed by atoms with Crippen molar-refractivity contribution in [1.82, 2.24) is 0 Å². The lowest BCUT2D eigenvalue weighted by Crippen LogP contribution is -2.44. The maximum Gasteiger partial charge on any atom is 0.124 e. The van der Waals surface area contributed by atoms with Gasteiger partial charge in [-0.15, -0.1) is 0 Å². The highest BCUT2D eigenvalue weighted by molar-refractivity contribution is 9.09. The quantitative estimate of drug-likeness (QED) is 0.761. The van der Waals surface area contributed by atoms with Gasteiger partial charge in [-0.05, 0) is 18.1 Å². The van der Waals surface area contributed by atoms with E-state index in [9.17, 15) is 0 Å². The zero-order valence-corrected chi connectivity index (χ0v) is 8.83. The number of fused-ring (bicyclic) bond motifs is 1. The van der Waals surface area contributed by atoms with Crippen LogP contribution in [0, 0.1) is 0 Å². The van der Waals surface area contributed by atoms with E-state index in [0.29, 0.717) is 0 Å². The molecule has 1 aliphatic rings. The summed E-state index contributed by atoms with van der Waals surface area (Å²) >= 11 is 3.40. The molecule has 0 saturated heterocycles. The first-order valence-electron chi connectivity index (χ1n) is 4.37. The van der Waals surface area contributed by atoms with Gasteiger partial charge in [-0.1, -0.05) is 34.1 Å². The van der Waals surface area contributed by atoms with Gasteiger partial charge in [0.15, 0.2) is 0 Å². The Morgan fingerprint density at radius 2 is 2.23 bits per heavy atom. The Hall–Kier alpha value is -0.540. The van der Waals surface area contributed by atoms with Crippen molar-refractivity contribution in [3.63, 3.8) is 0 Å². The molecule has 3 heteroatoms.